The van der Waals surface area contributed by atoms with Gasteiger partial charge in [0.2, 0.25) is 5.91 Å². The molecule has 8 nitrogen and oxygen atoms in total. The van der Waals surface area contributed by atoms with Gasteiger partial charge < -0.3 is 24.3 Å². The van der Waals surface area contributed by atoms with Crippen molar-refractivity contribution in [3.05, 3.63) is 29.3 Å². The molecular weight excluding hydrogens is 450 g/mol. The number of Topliss-reactive ketones (excluding diaryl/α,β-unsaturated/α-hetero) is 2. The van der Waals surface area contributed by atoms with Gasteiger partial charge in [0.15, 0.2) is 17.9 Å². The molecule has 1 aromatic rings. The van der Waals surface area contributed by atoms with Gasteiger partial charge >= 0.3 is 0 Å². The molecule has 0 aliphatic carbocycles. The zero-order valence-electron chi connectivity index (χ0n) is 21.8. The van der Waals surface area contributed by atoms with Crippen LogP contribution in [-0.4, -0.2) is 56.9 Å². The second-order valence-electron chi connectivity index (χ2n) is 8.70. The molecule has 2 rings (SSSR count). The molecular formula is C27H41NO7. The number of amides is 1. The van der Waals surface area contributed by atoms with Crippen molar-refractivity contribution >= 4 is 23.8 Å². The average molecular weight is 492 g/mol. The summed E-state index contributed by atoms with van der Waals surface area (Å²) < 4.78 is 16.4. The lowest BCUT2D eigenvalue weighted by atomic mass is 9.89. The van der Waals surface area contributed by atoms with Crippen molar-refractivity contribution < 1.29 is 33.4 Å². The first-order valence-corrected chi connectivity index (χ1v) is 12.4. The average Bonchev–Trinajstić information content (AvgIpc) is 3.37. The molecule has 1 fully saturated rings. The fourth-order valence-corrected chi connectivity index (χ4v) is 3.69. The van der Waals surface area contributed by atoms with Gasteiger partial charge in [-0.3, -0.25) is 14.4 Å². The van der Waals surface area contributed by atoms with Gasteiger partial charge in [-0.2, -0.15) is 0 Å². The lowest BCUT2D eigenvalue weighted by molar-refractivity contribution is -0.121. The fourth-order valence-electron chi connectivity index (χ4n) is 3.69. The molecule has 0 spiro atoms. The van der Waals surface area contributed by atoms with Gasteiger partial charge in [0.25, 0.3) is 0 Å². The maximum atomic E-state index is 11.8. The number of hydrogen-bond donors (Lipinski definition) is 1. The highest BCUT2D eigenvalue weighted by atomic mass is 16.7. The number of unbranched alkanes of at least 4 members (excludes halogenated alkanes) is 1. The highest BCUT2D eigenvalue weighted by molar-refractivity contribution is 6.09. The zero-order chi connectivity index (χ0) is 26.2. The molecule has 0 bridgehead atoms. The number of nitrogens with one attached hydrogen (secondary N) is 1. The summed E-state index contributed by atoms with van der Waals surface area (Å²) in [6.07, 6.45) is 5.58. The van der Waals surface area contributed by atoms with Gasteiger partial charge in [0.05, 0.1) is 25.4 Å². The summed E-state index contributed by atoms with van der Waals surface area (Å²) in [6.45, 7) is 8.83. The lowest BCUT2D eigenvalue weighted by Gasteiger charge is -2.15. The molecule has 1 aliphatic rings. The normalized spacial score (nSPS) is 14.9. The Balaban J connectivity index is 0.000000405. The smallest absolute Gasteiger partial charge is 0.219 e. The van der Waals surface area contributed by atoms with Crippen molar-refractivity contribution in [1.29, 1.82) is 0 Å². The van der Waals surface area contributed by atoms with E-state index in [-0.39, 0.29) is 29.7 Å². The van der Waals surface area contributed by atoms with Gasteiger partial charge in [0, 0.05) is 24.9 Å². The highest BCUT2D eigenvalue weighted by Gasteiger charge is 2.18. The Morgan fingerprint density at radius 1 is 1.14 bits per heavy atom. The zero-order valence-corrected chi connectivity index (χ0v) is 21.8. The Morgan fingerprint density at radius 3 is 2.37 bits per heavy atom. The quantitative estimate of drug-likeness (QED) is 0.234. The largest absolute Gasteiger partial charge is 0.493 e. The summed E-state index contributed by atoms with van der Waals surface area (Å²) in [5.41, 5.74) is 0.787. The van der Waals surface area contributed by atoms with Crippen molar-refractivity contribution in [3.8, 4) is 5.75 Å². The van der Waals surface area contributed by atoms with Crippen LogP contribution in [0.4, 0.5) is 0 Å². The monoisotopic (exact) mass is 491 g/mol. The number of carbonyl (C=O) groups excluding carboxylic acids is 4. The third kappa shape index (κ3) is 11.1. The van der Waals surface area contributed by atoms with E-state index in [2.05, 4.69) is 12.2 Å². The predicted octanol–water partition coefficient (Wildman–Crippen LogP) is 4.39. The first kappa shape index (κ1) is 30.5. The number of ether oxygens (including phenoxy) is 3. The number of benzene rings is 1. The first-order valence-electron chi connectivity index (χ1n) is 12.4. The van der Waals surface area contributed by atoms with E-state index >= 15 is 0 Å². The molecule has 2 unspecified atom stereocenters. The van der Waals surface area contributed by atoms with E-state index in [1.165, 1.54) is 13.8 Å². The van der Waals surface area contributed by atoms with E-state index in [1.54, 1.807) is 25.2 Å². The van der Waals surface area contributed by atoms with Crippen molar-refractivity contribution in [2.24, 2.45) is 11.8 Å². The number of aldehydes is 1. The number of hydrogen-bond acceptors (Lipinski definition) is 7. The number of ketones is 2. The fraction of sp³-hybridized carbons (Fsp3) is 0.630. The van der Waals surface area contributed by atoms with Gasteiger partial charge in [-0.25, -0.2) is 0 Å². The summed E-state index contributed by atoms with van der Waals surface area (Å²) in [7, 11) is 1.61. The SMILES string of the molecule is CC(=O)c1cccc(OCCCCC2OCCO2)c1C(C)=O.CCC(C)C(C=O)CCC(=O)NC. The van der Waals surface area contributed by atoms with Crippen LogP contribution in [0.5, 0.6) is 5.75 Å². The first-order chi connectivity index (χ1) is 16.7. The minimum atomic E-state index is -0.159. The standard InChI is InChI=1S/C17H22O5.C10H19NO2/c1-12(18)14-6-5-7-15(17(14)13(2)19)20-9-4-3-8-16-21-10-11-22-16;1-4-8(2)9(7-12)5-6-10(13)11-3/h5-7,16H,3-4,8-11H2,1-2H3;7-9H,4-6H2,1-3H3,(H,11,13). The van der Waals surface area contributed by atoms with Gasteiger partial charge in [-0.15, -0.1) is 0 Å². The van der Waals surface area contributed by atoms with Crippen LogP contribution in [0.3, 0.4) is 0 Å². The van der Waals surface area contributed by atoms with Crippen LogP contribution in [0.1, 0.15) is 86.9 Å². The Kier molecular flexibility index (Phi) is 14.7. The summed E-state index contributed by atoms with van der Waals surface area (Å²) in [4.78, 5) is 45.0. The van der Waals surface area contributed by atoms with Crippen molar-refractivity contribution in [2.75, 3.05) is 26.9 Å². The summed E-state index contributed by atoms with van der Waals surface area (Å²) in [6, 6.07) is 5.12. The Bertz CT molecular complexity index is 818. The van der Waals surface area contributed by atoms with Crippen molar-refractivity contribution in [2.45, 2.75) is 72.5 Å². The van der Waals surface area contributed by atoms with Crippen LogP contribution < -0.4 is 10.1 Å². The highest BCUT2D eigenvalue weighted by Crippen LogP contribution is 2.24. The molecule has 196 valence electrons. The molecule has 1 heterocycles. The van der Waals surface area contributed by atoms with Gasteiger partial charge in [0.1, 0.15) is 12.0 Å². The van der Waals surface area contributed by atoms with E-state index in [4.69, 9.17) is 14.2 Å². The Labute approximate surface area is 209 Å². The van der Waals surface area contributed by atoms with E-state index < -0.39 is 0 Å². The second kappa shape index (κ2) is 16.9. The molecule has 0 saturated carbocycles. The second-order valence-corrected chi connectivity index (χ2v) is 8.70. The Morgan fingerprint density at radius 2 is 1.83 bits per heavy atom. The van der Waals surface area contributed by atoms with E-state index in [9.17, 15) is 19.2 Å². The van der Waals surface area contributed by atoms with Gasteiger partial charge in [-0.05, 0) is 51.5 Å². The molecule has 1 aromatic carbocycles. The molecule has 0 aromatic heterocycles. The van der Waals surface area contributed by atoms with E-state index in [1.807, 2.05) is 6.92 Å². The molecule has 35 heavy (non-hydrogen) atoms. The lowest BCUT2D eigenvalue weighted by Crippen LogP contribution is -2.21. The minimum absolute atomic E-state index is 0.00940. The molecule has 1 saturated heterocycles. The summed E-state index contributed by atoms with van der Waals surface area (Å²) in [5, 5.41) is 2.55. The van der Waals surface area contributed by atoms with Crippen LogP contribution in [0, 0.1) is 11.8 Å². The summed E-state index contributed by atoms with van der Waals surface area (Å²) >= 11 is 0. The van der Waals surface area contributed by atoms with Crippen LogP contribution in [0.2, 0.25) is 0 Å². The third-order valence-electron chi connectivity index (χ3n) is 6.07. The molecule has 8 heteroatoms. The van der Waals surface area contributed by atoms with Crippen LogP contribution in [0.15, 0.2) is 18.2 Å². The van der Waals surface area contributed by atoms with E-state index in [0.717, 1.165) is 32.0 Å². The van der Waals surface area contributed by atoms with Crippen LogP contribution in [-0.2, 0) is 19.1 Å². The molecule has 2 atom stereocenters. The molecule has 1 N–H and O–H groups in total. The third-order valence-corrected chi connectivity index (χ3v) is 6.07. The Hall–Kier alpha value is -2.58. The predicted molar refractivity (Wildman–Crippen MR) is 134 cm³/mol. The number of rotatable bonds is 14. The topological polar surface area (TPSA) is 108 Å². The maximum absolute atomic E-state index is 11.8. The van der Waals surface area contributed by atoms with Gasteiger partial charge in [-0.1, -0.05) is 32.4 Å². The number of carbonyl (C=O) groups is 4. The van der Waals surface area contributed by atoms with Crippen LogP contribution >= 0.6 is 0 Å². The van der Waals surface area contributed by atoms with Crippen LogP contribution in [0.25, 0.3) is 0 Å². The molecule has 0 radical (unpaired) electrons. The molecule has 1 aliphatic heterocycles. The van der Waals surface area contributed by atoms with E-state index in [0.29, 0.717) is 55.5 Å². The maximum Gasteiger partial charge on any atom is 0.219 e. The van der Waals surface area contributed by atoms with Crippen molar-refractivity contribution in [1.82, 2.24) is 5.32 Å². The minimum Gasteiger partial charge on any atom is -0.493 e. The molecule has 1 amide bonds. The van der Waals surface area contributed by atoms with Crippen molar-refractivity contribution in [3.63, 3.8) is 0 Å². The summed E-state index contributed by atoms with van der Waals surface area (Å²) in [5.74, 6) is 0.605.